The monoisotopic (exact) mass is 431 g/mol. The molecule has 5 nitrogen and oxygen atoms in total. The van der Waals surface area contributed by atoms with Gasteiger partial charge in [-0.2, -0.15) is 0 Å². The van der Waals surface area contributed by atoms with Crippen molar-refractivity contribution < 1.29 is 19.0 Å². The van der Waals surface area contributed by atoms with Gasteiger partial charge in [-0.25, -0.2) is 4.98 Å². The molecule has 0 unspecified atom stereocenters. The Kier molecular flexibility index (Phi) is 23.6. The van der Waals surface area contributed by atoms with Crippen LogP contribution in [0.2, 0.25) is 0 Å². The third kappa shape index (κ3) is 13.5. The number of carbonyl (C=O) groups excluding carboxylic acids is 1. The molecule has 1 heterocycles. The molecular formula is C20H34BrNO4. The molecule has 150 valence electrons. The summed E-state index contributed by atoms with van der Waals surface area (Å²) in [5, 5.41) is 0. The Morgan fingerprint density at radius 2 is 1.73 bits per heavy atom. The van der Waals surface area contributed by atoms with E-state index in [-0.39, 0.29) is 0 Å². The van der Waals surface area contributed by atoms with Gasteiger partial charge in [-0.05, 0) is 42.3 Å². The van der Waals surface area contributed by atoms with Crippen LogP contribution in [-0.4, -0.2) is 32.3 Å². The van der Waals surface area contributed by atoms with E-state index in [2.05, 4.69) is 25.7 Å². The Labute approximate surface area is 167 Å². The highest BCUT2D eigenvalue weighted by Crippen LogP contribution is 2.32. The van der Waals surface area contributed by atoms with E-state index in [1.165, 1.54) is 7.11 Å². The predicted molar refractivity (Wildman–Crippen MR) is 113 cm³/mol. The van der Waals surface area contributed by atoms with Gasteiger partial charge in [-0.3, -0.25) is 4.79 Å². The van der Waals surface area contributed by atoms with Crippen LogP contribution in [0, 0.1) is 6.92 Å². The van der Waals surface area contributed by atoms with E-state index in [1.54, 1.807) is 13.2 Å². The van der Waals surface area contributed by atoms with Crippen molar-refractivity contribution in [2.45, 2.75) is 48.5 Å². The summed E-state index contributed by atoms with van der Waals surface area (Å²) in [5.74, 6) is 1.37. The molecule has 0 spiro atoms. The van der Waals surface area contributed by atoms with Gasteiger partial charge in [0.05, 0.1) is 19.9 Å². The molecule has 0 bridgehead atoms. The SMILES string of the molecule is C/C=C\C(=C/C)COc1c(OC)cc(Br)nc1C.CC.CC.COC=O. The van der Waals surface area contributed by atoms with Crippen LogP contribution in [-0.2, 0) is 9.53 Å². The average Bonchev–Trinajstić information content (AvgIpc) is 2.69. The van der Waals surface area contributed by atoms with E-state index in [0.717, 1.165) is 15.9 Å². The van der Waals surface area contributed by atoms with E-state index < -0.39 is 0 Å². The van der Waals surface area contributed by atoms with Crippen molar-refractivity contribution in [2.75, 3.05) is 20.8 Å². The number of halogens is 1. The lowest BCUT2D eigenvalue weighted by Gasteiger charge is -2.13. The van der Waals surface area contributed by atoms with Crippen LogP contribution >= 0.6 is 15.9 Å². The van der Waals surface area contributed by atoms with Crippen LogP contribution < -0.4 is 9.47 Å². The minimum Gasteiger partial charge on any atom is -0.493 e. The number of rotatable bonds is 6. The predicted octanol–water partition coefficient (Wildman–Crippen LogP) is 5.90. The van der Waals surface area contributed by atoms with Gasteiger partial charge in [0.25, 0.3) is 6.47 Å². The minimum absolute atomic E-state index is 0.375. The van der Waals surface area contributed by atoms with Gasteiger partial charge in [-0.1, -0.05) is 45.9 Å². The zero-order valence-electron chi connectivity index (χ0n) is 17.6. The number of hydrogen-bond donors (Lipinski definition) is 0. The van der Waals surface area contributed by atoms with Gasteiger partial charge in [-0.15, -0.1) is 0 Å². The lowest BCUT2D eigenvalue weighted by atomic mass is 10.2. The molecule has 0 aliphatic carbocycles. The zero-order valence-corrected chi connectivity index (χ0v) is 19.1. The van der Waals surface area contributed by atoms with Gasteiger partial charge in [0.15, 0.2) is 11.5 Å². The number of carbonyl (C=O) groups is 1. The van der Waals surface area contributed by atoms with Gasteiger partial charge >= 0.3 is 0 Å². The molecule has 0 amide bonds. The Hall–Kier alpha value is -1.82. The first kappa shape index (κ1) is 29.0. The fraction of sp³-hybridized carbons (Fsp3) is 0.500. The first-order valence-electron chi connectivity index (χ1n) is 8.62. The maximum absolute atomic E-state index is 8.95. The van der Waals surface area contributed by atoms with Gasteiger partial charge in [0, 0.05) is 6.07 Å². The molecule has 0 saturated heterocycles. The molecule has 0 radical (unpaired) electrons. The number of hydrogen-bond acceptors (Lipinski definition) is 5. The molecule has 0 fully saturated rings. The smallest absolute Gasteiger partial charge is 0.292 e. The van der Waals surface area contributed by atoms with Crippen LogP contribution in [0.1, 0.15) is 47.2 Å². The van der Waals surface area contributed by atoms with Crippen molar-refractivity contribution in [1.82, 2.24) is 4.98 Å². The third-order valence-electron chi connectivity index (χ3n) is 2.53. The second kappa shape index (κ2) is 21.2. The van der Waals surface area contributed by atoms with Crippen molar-refractivity contribution in [3.63, 3.8) is 0 Å². The molecule has 26 heavy (non-hydrogen) atoms. The van der Waals surface area contributed by atoms with Gasteiger partial charge in [0.2, 0.25) is 0 Å². The fourth-order valence-corrected chi connectivity index (χ4v) is 1.99. The Balaban J connectivity index is -0.000000568. The standard InChI is InChI=1S/C14H18BrNO2.C2H4O2.2C2H6/c1-5-7-11(6-2)9-18-14-10(3)16-13(15)8-12(14)17-4;1-4-2-3;2*1-2/h5-8H,9H2,1-4H3;2H,1H3;2*1-2H3/b7-5-,11-6+;;;. The molecule has 0 N–H and O–H groups in total. The van der Waals surface area contributed by atoms with Crippen LogP contribution in [0.15, 0.2) is 34.5 Å². The number of pyridine rings is 1. The van der Waals surface area contributed by atoms with Crippen LogP contribution in [0.5, 0.6) is 11.5 Å². The van der Waals surface area contributed by atoms with E-state index >= 15 is 0 Å². The quantitative estimate of drug-likeness (QED) is 0.318. The van der Waals surface area contributed by atoms with E-state index in [4.69, 9.17) is 14.3 Å². The molecule has 6 heteroatoms. The summed E-state index contributed by atoms with van der Waals surface area (Å²) < 4.78 is 15.7. The van der Waals surface area contributed by atoms with Crippen molar-refractivity contribution in [1.29, 1.82) is 0 Å². The molecule has 1 rings (SSSR count). The number of aryl methyl sites for hydroxylation is 1. The summed E-state index contributed by atoms with van der Waals surface area (Å²) >= 11 is 3.34. The number of methoxy groups -OCH3 is 2. The number of allylic oxidation sites excluding steroid dienone is 2. The van der Waals surface area contributed by atoms with Crippen LogP contribution in [0.25, 0.3) is 0 Å². The highest BCUT2D eigenvalue weighted by molar-refractivity contribution is 9.10. The Morgan fingerprint density at radius 3 is 2.12 bits per heavy atom. The second-order valence-corrected chi connectivity index (χ2v) is 4.86. The maximum Gasteiger partial charge on any atom is 0.292 e. The second-order valence-electron chi connectivity index (χ2n) is 4.05. The first-order chi connectivity index (χ1) is 12.5. The third-order valence-corrected chi connectivity index (χ3v) is 2.93. The number of nitrogens with zero attached hydrogens (tertiary/aromatic N) is 1. The van der Waals surface area contributed by atoms with E-state index in [9.17, 15) is 0 Å². The molecule has 0 aromatic carbocycles. The minimum atomic E-state index is 0.375. The molecule has 1 aromatic rings. The number of ether oxygens (including phenoxy) is 3. The fourth-order valence-electron chi connectivity index (χ4n) is 1.52. The topological polar surface area (TPSA) is 57.6 Å². The van der Waals surface area contributed by atoms with Crippen LogP contribution in [0.3, 0.4) is 0 Å². The largest absolute Gasteiger partial charge is 0.493 e. The van der Waals surface area contributed by atoms with E-state index in [1.807, 2.05) is 66.7 Å². The Bertz CT molecular complexity index is 529. The molecule has 0 atom stereocenters. The molecule has 0 aliphatic heterocycles. The van der Waals surface area contributed by atoms with Crippen LogP contribution in [0.4, 0.5) is 0 Å². The summed E-state index contributed by atoms with van der Waals surface area (Å²) in [4.78, 5) is 13.3. The zero-order chi connectivity index (χ0) is 21.0. The van der Waals surface area contributed by atoms with Gasteiger partial charge in [0.1, 0.15) is 11.2 Å². The van der Waals surface area contributed by atoms with Crippen molar-refractivity contribution >= 4 is 22.4 Å². The summed E-state index contributed by atoms with van der Waals surface area (Å²) in [6.07, 6.45) is 6.03. The maximum atomic E-state index is 8.95. The van der Waals surface area contributed by atoms with Gasteiger partial charge < -0.3 is 14.2 Å². The van der Waals surface area contributed by atoms with Crippen molar-refractivity contribution in [3.8, 4) is 11.5 Å². The summed E-state index contributed by atoms with van der Waals surface area (Å²) in [7, 11) is 2.93. The molecule has 0 aliphatic rings. The summed E-state index contributed by atoms with van der Waals surface area (Å²) in [6.45, 7) is 14.7. The lowest BCUT2D eigenvalue weighted by molar-refractivity contribution is -0.126. The highest BCUT2D eigenvalue weighted by atomic mass is 79.9. The average molecular weight is 432 g/mol. The molecular weight excluding hydrogens is 398 g/mol. The summed E-state index contributed by atoms with van der Waals surface area (Å²) in [6, 6.07) is 1.80. The van der Waals surface area contributed by atoms with E-state index in [0.29, 0.717) is 24.6 Å². The molecule has 1 aromatic heterocycles. The Morgan fingerprint density at radius 1 is 1.19 bits per heavy atom. The molecule has 0 saturated carbocycles. The van der Waals surface area contributed by atoms with Crippen molar-refractivity contribution in [3.05, 3.63) is 40.2 Å². The highest BCUT2D eigenvalue weighted by Gasteiger charge is 2.11. The normalized spacial score (nSPS) is 9.54. The first-order valence-corrected chi connectivity index (χ1v) is 9.41. The summed E-state index contributed by atoms with van der Waals surface area (Å²) in [5.41, 5.74) is 1.92. The van der Waals surface area contributed by atoms with Crippen molar-refractivity contribution in [2.24, 2.45) is 0 Å². The lowest BCUT2D eigenvalue weighted by Crippen LogP contribution is -2.04. The number of aromatic nitrogens is 1.